The molecule has 0 bridgehead atoms. The summed E-state index contributed by atoms with van der Waals surface area (Å²) in [5.41, 5.74) is 0. The van der Waals surface area contributed by atoms with Crippen molar-refractivity contribution in [2.24, 2.45) is 0 Å². The van der Waals surface area contributed by atoms with Crippen LogP contribution in [0.15, 0.2) is 0 Å². The van der Waals surface area contributed by atoms with Gasteiger partial charge in [-0.05, 0) is 12.8 Å². The molecule has 0 aliphatic carbocycles. The van der Waals surface area contributed by atoms with Gasteiger partial charge in [-0.1, -0.05) is 104 Å². The van der Waals surface area contributed by atoms with E-state index in [1.54, 1.807) is 0 Å². The first-order chi connectivity index (χ1) is 11.7. The van der Waals surface area contributed by atoms with Gasteiger partial charge in [-0.15, -0.1) is 0 Å². The predicted octanol–water partition coefficient (Wildman–Crippen LogP) is 7.85. The largest absolute Gasteiger partial charge is 0.391 e. The fourth-order valence-electron chi connectivity index (χ4n) is 2.89. The Kier molecular flexibility index (Phi) is 19.0. The van der Waals surface area contributed by atoms with Crippen LogP contribution in [0.3, 0.4) is 0 Å². The van der Waals surface area contributed by atoms with Gasteiger partial charge in [0, 0.05) is 11.7 Å². The van der Waals surface area contributed by atoms with Gasteiger partial charge < -0.3 is 4.18 Å². The summed E-state index contributed by atoms with van der Waals surface area (Å²) in [4.78, 5) is 11.2. The Labute approximate surface area is 156 Å². The van der Waals surface area contributed by atoms with Crippen LogP contribution >= 0.6 is 12.0 Å². The monoisotopic (exact) mass is 358 g/mol. The van der Waals surface area contributed by atoms with E-state index in [-0.39, 0.29) is 5.97 Å². The summed E-state index contributed by atoms with van der Waals surface area (Å²) >= 11 is 1.39. The molecule has 1 atom stereocenters. The molecular weight excluding hydrogens is 316 g/mol. The standard InChI is InChI=1S/C21H42O2S/c1-4-7-8-9-10-11-12-13-14-15-16-17-18-19-20(5-2)24-23-21(22)6-3/h20H,4-19H2,1-3H3. The smallest absolute Gasteiger partial charge is 0.317 e. The SMILES string of the molecule is CCCCCCCCCCCCCCCC(CC)SOC(=O)CC. The Bertz CT molecular complexity index is 269. The molecule has 0 aromatic carbocycles. The van der Waals surface area contributed by atoms with E-state index in [2.05, 4.69) is 13.8 Å². The van der Waals surface area contributed by atoms with E-state index >= 15 is 0 Å². The third-order valence-corrected chi connectivity index (χ3v) is 5.77. The number of carbonyl (C=O) groups excluding carboxylic acids is 1. The first-order valence-corrected chi connectivity index (χ1v) is 11.4. The topological polar surface area (TPSA) is 26.3 Å². The average Bonchev–Trinajstić information content (AvgIpc) is 2.61. The number of hydrogen-bond donors (Lipinski definition) is 0. The molecule has 0 aliphatic rings. The van der Waals surface area contributed by atoms with Crippen LogP contribution in [0, 0.1) is 0 Å². The van der Waals surface area contributed by atoms with Gasteiger partial charge in [-0.3, -0.25) is 4.79 Å². The van der Waals surface area contributed by atoms with E-state index in [9.17, 15) is 4.79 Å². The molecule has 0 amide bonds. The van der Waals surface area contributed by atoms with Gasteiger partial charge in [0.15, 0.2) is 0 Å². The van der Waals surface area contributed by atoms with Gasteiger partial charge in [-0.2, -0.15) is 0 Å². The molecule has 0 aromatic rings. The highest BCUT2D eigenvalue weighted by atomic mass is 32.2. The zero-order valence-corrected chi connectivity index (χ0v) is 17.4. The molecule has 24 heavy (non-hydrogen) atoms. The molecule has 0 N–H and O–H groups in total. The van der Waals surface area contributed by atoms with Crippen molar-refractivity contribution in [2.45, 2.75) is 129 Å². The van der Waals surface area contributed by atoms with Crippen LogP contribution in [0.2, 0.25) is 0 Å². The molecule has 0 aromatic heterocycles. The summed E-state index contributed by atoms with van der Waals surface area (Å²) in [6, 6.07) is 0. The zero-order valence-electron chi connectivity index (χ0n) is 16.6. The van der Waals surface area contributed by atoms with Gasteiger partial charge in [0.1, 0.15) is 0 Å². The summed E-state index contributed by atoms with van der Waals surface area (Å²) in [7, 11) is 0. The van der Waals surface area contributed by atoms with Gasteiger partial charge in [0.05, 0.1) is 12.0 Å². The molecule has 0 saturated carbocycles. The maximum Gasteiger partial charge on any atom is 0.317 e. The third kappa shape index (κ3) is 16.7. The Morgan fingerprint density at radius 1 is 0.750 bits per heavy atom. The Balaban J connectivity index is 3.27. The van der Waals surface area contributed by atoms with E-state index in [0.717, 1.165) is 6.42 Å². The third-order valence-electron chi connectivity index (χ3n) is 4.65. The Morgan fingerprint density at radius 2 is 1.21 bits per heavy atom. The number of hydrogen-bond acceptors (Lipinski definition) is 3. The van der Waals surface area contributed by atoms with Gasteiger partial charge >= 0.3 is 5.97 Å². The van der Waals surface area contributed by atoms with Crippen molar-refractivity contribution in [2.75, 3.05) is 0 Å². The van der Waals surface area contributed by atoms with Crippen LogP contribution in [0.25, 0.3) is 0 Å². The fourth-order valence-corrected chi connectivity index (χ4v) is 3.65. The quantitative estimate of drug-likeness (QED) is 0.184. The van der Waals surface area contributed by atoms with Crippen LogP contribution in [-0.2, 0) is 8.98 Å². The fraction of sp³-hybridized carbons (Fsp3) is 0.952. The molecule has 144 valence electrons. The molecule has 0 rings (SSSR count). The second-order valence-electron chi connectivity index (χ2n) is 6.97. The van der Waals surface area contributed by atoms with Crippen LogP contribution in [0.4, 0.5) is 0 Å². The van der Waals surface area contributed by atoms with Crippen LogP contribution < -0.4 is 0 Å². The number of carbonyl (C=O) groups is 1. The van der Waals surface area contributed by atoms with Crippen molar-refractivity contribution in [3.63, 3.8) is 0 Å². The minimum Gasteiger partial charge on any atom is -0.391 e. The van der Waals surface area contributed by atoms with Crippen molar-refractivity contribution >= 4 is 18.0 Å². The van der Waals surface area contributed by atoms with Crippen molar-refractivity contribution in [1.29, 1.82) is 0 Å². The molecule has 0 saturated heterocycles. The summed E-state index contributed by atoms with van der Waals surface area (Å²) in [5, 5.41) is 0.480. The van der Waals surface area contributed by atoms with E-state index in [1.807, 2.05) is 6.92 Å². The molecule has 0 heterocycles. The second-order valence-corrected chi connectivity index (χ2v) is 7.99. The highest BCUT2D eigenvalue weighted by molar-refractivity contribution is 7.95. The van der Waals surface area contributed by atoms with Crippen molar-refractivity contribution in [1.82, 2.24) is 0 Å². The molecule has 0 aliphatic heterocycles. The van der Waals surface area contributed by atoms with Crippen LogP contribution in [0.5, 0.6) is 0 Å². The van der Waals surface area contributed by atoms with Crippen LogP contribution in [0.1, 0.15) is 124 Å². The van der Waals surface area contributed by atoms with Gasteiger partial charge in [0.25, 0.3) is 0 Å². The molecule has 0 fully saturated rings. The zero-order chi connectivity index (χ0) is 17.9. The highest BCUT2D eigenvalue weighted by Crippen LogP contribution is 2.23. The molecule has 0 radical (unpaired) electrons. The second kappa shape index (κ2) is 19.1. The van der Waals surface area contributed by atoms with Crippen molar-refractivity contribution in [3.05, 3.63) is 0 Å². The van der Waals surface area contributed by atoms with Gasteiger partial charge in [0.2, 0.25) is 0 Å². The molecule has 1 unspecified atom stereocenters. The minimum atomic E-state index is -0.0937. The molecule has 3 heteroatoms. The highest BCUT2D eigenvalue weighted by Gasteiger charge is 2.10. The summed E-state index contributed by atoms with van der Waals surface area (Å²) in [6.07, 6.45) is 20.9. The molecule has 0 spiro atoms. The Hall–Kier alpha value is -0.180. The average molecular weight is 359 g/mol. The van der Waals surface area contributed by atoms with Crippen LogP contribution in [-0.4, -0.2) is 11.2 Å². The summed E-state index contributed by atoms with van der Waals surface area (Å²) in [6.45, 7) is 6.30. The van der Waals surface area contributed by atoms with E-state index < -0.39 is 0 Å². The predicted molar refractivity (Wildman–Crippen MR) is 108 cm³/mol. The summed E-state index contributed by atoms with van der Waals surface area (Å²) < 4.78 is 5.19. The lowest BCUT2D eigenvalue weighted by Gasteiger charge is -2.12. The molecule has 2 nitrogen and oxygen atoms in total. The van der Waals surface area contributed by atoms with Crippen molar-refractivity contribution in [3.8, 4) is 0 Å². The lowest BCUT2D eigenvalue weighted by Crippen LogP contribution is -2.05. The molecular formula is C21H42O2S. The normalized spacial score (nSPS) is 12.3. The van der Waals surface area contributed by atoms with Crippen molar-refractivity contribution < 1.29 is 8.98 Å². The maximum atomic E-state index is 11.2. The lowest BCUT2D eigenvalue weighted by molar-refractivity contribution is -0.132. The number of unbranched alkanes of at least 4 members (excludes halogenated alkanes) is 12. The van der Waals surface area contributed by atoms with E-state index in [4.69, 9.17) is 4.18 Å². The lowest BCUT2D eigenvalue weighted by atomic mass is 10.0. The Morgan fingerprint density at radius 3 is 1.62 bits per heavy atom. The first-order valence-electron chi connectivity index (χ1n) is 10.6. The first kappa shape index (κ1) is 23.8. The van der Waals surface area contributed by atoms with E-state index in [0.29, 0.717) is 11.7 Å². The van der Waals surface area contributed by atoms with E-state index in [1.165, 1.54) is 102 Å². The maximum absolute atomic E-state index is 11.2. The minimum absolute atomic E-state index is 0.0937. The van der Waals surface area contributed by atoms with Gasteiger partial charge in [-0.25, -0.2) is 0 Å². The number of rotatable bonds is 18. The summed E-state index contributed by atoms with van der Waals surface area (Å²) in [5.74, 6) is -0.0937.